The fourth-order valence-corrected chi connectivity index (χ4v) is 3.07. The summed E-state index contributed by atoms with van der Waals surface area (Å²) < 4.78 is 0. The number of hydrogen-bond donors (Lipinski definition) is 2. The molecular weight excluding hydrogens is 348 g/mol. The Hall–Kier alpha value is -1.96. The zero-order valence-corrected chi connectivity index (χ0v) is 15.1. The number of thiazole rings is 1. The summed E-state index contributed by atoms with van der Waals surface area (Å²) in [7, 11) is 0. The third-order valence-electron chi connectivity index (χ3n) is 3.47. The Kier molecular flexibility index (Phi) is 6.30. The van der Waals surface area contributed by atoms with Gasteiger partial charge in [-0.05, 0) is 32.0 Å². The molecule has 2 rings (SSSR count). The van der Waals surface area contributed by atoms with E-state index in [2.05, 4.69) is 10.3 Å². The molecule has 0 saturated heterocycles. The predicted molar refractivity (Wildman–Crippen MR) is 96.7 cm³/mol. The topological polar surface area (TPSA) is 88.3 Å². The SMILES string of the molecule is CCN(CC)C(=O)c1ccc(NC(=O)c2csc(CN)n2)cc1Cl. The van der Waals surface area contributed by atoms with Crippen molar-refractivity contribution in [1.82, 2.24) is 9.88 Å². The number of aromatic nitrogens is 1. The lowest BCUT2D eigenvalue weighted by molar-refractivity contribution is 0.0773. The summed E-state index contributed by atoms with van der Waals surface area (Å²) in [4.78, 5) is 30.3. The molecule has 3 N–H and O–H groups in total. The van der Waals surface area contributed by atoms with Crippen molar-refractivity contribution in [3.8, 4) is 0 Å². The van der Waals surface area contributed by atoms with Gasteiger partial charge in [0.15, 0.2) is 0 Å². The van der Waals surface area contributed by atoms with Crippen molar-refractivity contribution in [3.05, 3.63) is 44.9 Å². The zero-order chi connectivity index (χ0) is 17.7. The number of halogens is 1. The summed E-state index contributed by atoms with van der Waals surface area (Å²) in [6.45, 7) is 5.33. The molecule has 0 atom stereocenters. The summed E-state index contributed by atoms with van der Waals surface area (Å²) in [5, 5.41) is 5.35. The molecule has 1 aromatic heterocycles. The Balaban J connectivity index is 2.14. The maximum Gasteiger partial charge on any atom is 0.275 e. The molecule has 2 aromatic rings. The largest absolute Gasteiger partial charge is 0.339 e. The van der Waals surface area contributed by atoms with E-state index in [1.807, 2.05) is 13.8 Å². The minimum absolute atomic E-state index is 0.130. The molecular formula is C16H19ClN4O2S. The van der Waals surface area contributed by atoms with E-state index in [1.165, 1.54) is 11.3 Å². The zero-order valence-electron chi connectivity index (χ0n) is 13.5. The summed E-state index contributed by atoms with van der Waals surface area (Å²) >= 11 is 7.54. The van der Waals surface area contributed by atoms with Crippen LogP contribution in [-0.4, -0.2) is 34.8 Å². The fraction of sp³-hybridized carbons (Fsp3) is 0.312. The van der Waals surface area contributed by atoms with Crippen LogP contribution in [-0.2, 0) is 6.54 Å². The third-order valence-corrected chi connectivity index (χ3v) is 4.65. The van der Waals surface area contributed by atoms with Gasteiger partial charge in [-0.2, -0.15) is 0 Å². The van der Waals surface area contributed by atoms with E-state index in [9.17, 15) is 9.59 Å². The van der Waals surface area contributed by atoms with E-state index in [-0.39, 0.29) is 11.8 Å². The molecule has 24 heavy (non-hydrogen) atoms. The van der Waals surface area contributed by atoms with E-state index in [4.69, 9.17) is 17.3 Å². The van der Waals surface area contributed by atoms with Gasteiger partial charge in [0.25, 0.3) is 11.8 Å². The first-order valence-corrected chi connectivity index (χ1v) is 8.80. The first kappa shape index (κ1) is 18.4. The van der Waals surface area contributed by atoms with Gasteiger partial charge in [-0.1, -0.05) is 11.6 Å². The summed E-state index contributed by atoms with van der Waals surface area (Å²) in [5.41, 5.74) is 6.71. The van der Waals surface area contributed by atoms with Crippen LogP contribution < -0.4 is 11.1 Å². The van der Waals surface area contributed by atoms with Crippen molar-refractivity contribution in [2.24, 2.45) is 5.73 Å². The average Bonchev–Trinajstić information content (AvgIpc) is 3.05. The van der Waals surface area contributed by atoms with Gasteiger partial charge in [-0.3, -0.25) is 9.59 Å². The molecule has 0 radical (unpaired) electrons. The van der Waals surface area contributed by atoms with Crippen LogP contribution >= 0.6 is 22.9 Å². The summed E-state index contributed by atoms with van der Waals surface area (Å²) in [6, 6.07) is 4.83. The Morgan fingerprint density at radius 3 is 2.58 bits per heavy atom. The molecule has 0 aliphatic carbocycles. The lowest BCUT2D eigenvalue weighted by Crippen LogP contribution is -2.30. The number of nitrogens with two attached hydrogens (primary N) is 1. The van der Waals surface area contributed by atoms with Crippen molar-refractivity contribution in [1.29, 1.82) is 0 Å². The number of amides is 2. The second-order valence-electron chi connectivity index (χ2n) is 4.96. The summed E-state index contributed by atoms with van der Waals surface area (Å²) in [5.74, 6) is -0.472. The van der Waals surface area contributed by atoms with Gasteiger partial charge in [0, 0.05) is 30.7 Å². The van der Waals surface area contributed by atoms with Crippen LogP contribution in [0.3, 0.4) is 0 Å². The van der Waals surface area contributed by atoms with Crippen LogP contribution in [0, 0.1) is 0 Å². The molecule has 1 heterocycles. The molecule has 1 aromatic carbocycles. The van der Waals surface area contributed by atoms with Crippen LogP contribution in [0.15, 0.2) is 23.6 Å². The average molecular weight is 367 g/mol. The lowest BCUT2D eigenvalue weighted by Gasteiger charge is -2.19. The smallest absolute Gasteiger partial charge is 0.275 e. The predicted octanol–water partition coefficient (Wildman–Crippen LogP) is 2.99. The van der Waals surface area contributed by atoms with Gasteiger partial charge in [0.2, 0.25) is 0 Å². The van der Waals surface area contributed by atoms with Gasteiger partial charge in [-0.25, -0.2) is 4.98 Å². The standard InChI is InChI=1S/C16H19ClN4O2S/c1-3-21(4-2)16(23)11-6-5-10(7-12(11)17)19-15(22)13-9-24-14(8-18)20-13/h5-7,9H,3-4,8,18H2,1-2H3,(H,19,22). The number of benzene rings is 1. The van der Waals surface area contributed by atoms with E-state index in [0.29, 0.717) is 46.6 Å². The highest BCUT2D eigenvalue weighted by Crippen LogP contribution is 2.23. The molecule has 2 amide bonds. The van der Waals surface area contributed by atoms with E-state index < -0.39 is 0 Å². The first-order valence-electron chi connectivity index (χ1n) is 7.54. The highest BCUT2D eigenvalue weighted by molar-refractivity contribution is 7.09. The maximum absolute atomic E-state index is 12.4. The molecule has 0 fully saturated rings. The van der Waals surface area contributed by atoms with Crippen LogP contribution in [0.25, 0.3) is 0 Å². The molecule has 0 saturated carbocycles. The molecule has 0 bridgehead atoms. The Morgan fingerprint density at radius 2 is 2.04 bits per heavy atom. The van der Waals surface area contributed by atoms with Crippen molar-refractivity contribution >= 4 is 40.4 Å². The minimum Gasteiger partial charge on any atom is -0.339 e. The lowest BCUT2D eigenvalue weighted by atomic mass is 10.1. The van der Waals surface area contributed by atoms with Gasteiger partial charge in [0.05, 0.1) is 10.6 Å². The maximum atomic E-state index is 12.4. The van der Waals surface area contributed by atoms with Gasteiger partial charge >= 0.3 is 0 Å². The van der Waals surface area contributed by atoms with Crippen molar-refractivity contribution in [2.75, 3.05) is 18.4 Å². The first-order chi connectivity index (χ1) is 11.5. The molecule has 8 heteroatoms. The van der Waals surface area contributed by atoms with Crippen molar-refractivity contribution in [3.63, 3.8) is 0 Å². The molecule has 6 nitrogen and oxygen atoms in total. The van der Waals surface area contributed by atoms with Crippen LogP contribution in [0.5, 0.6) is 0 Å². The highest BCUT2D eigenvalue weighted by atomic mass is 35.5. The van der Waals surface area contributed by atoms with Crippen LogP contribution in [0.1, 0.15) is 39.7 Å². The second-order valence-corrected chi connectivity index (χ2v) is 6.31. The number of carbonyl (C=O) groups is 2. The number of carbonyl (C=O) groups excluding carboxylic acids is 2. The summed E-state index contributed by atoms with van der Waals surface area (Å²) in [6.07, 6.45) is 0. The fourth-order valence-electron chi connectivity index (χ4n) is 2.15. The van der Waals surface area contributed by atoms with Crippen LogP contribution in [0.2, 0.25) is 5.02 Å². The number of rotatable bonds is 6. The quantitative estimate of drug-likeness (QED) is 0.822. The van der Waals surface area contributed by atoms with Gasteiger partial charge < -0.3 is 16.0 Å². The Bertz CT molecular complexity index is 743. The molecule has 0 aliphatic heterocycles. The Morgan fingerprint density at radius 1 is 1.33 bits per heavy atom. The monoisotopic (exact) mass is 366 g/mol. The van der Waals surface area contributed by atoms with Crippen molar-refractivity contribution in [2.45, 2.75) is 20.4 Å². The van der Waals surface area contributed by atoms with Crippen molar-refractivity contribution < 1.29 is 9.59 Å². The Labute approximate surface area is 149 Å². The molecule has 0 aliphatic rings. The van der Waals surface area contributed by atoms with E-state index in [0.717, 1.165) is 0 Å². The molecule has 0 unspecified atom stereocenters. The number of nitrogens with one attached hydrogen (secondary N) is 1. The second kappa shape index (κ2) is 8.23. The number of hydrogen-bond acceptors (Lipinski definition) is 5. The van der Waals surface area contributed by atoms with Crippen LogP contribution in [0.4, 0.5) is 5.69 Å². The minimum atomic E-state index is -0.343. The number of anilines is 1. The van der Waals surface area contributed by atoms with Gasteiger partial charge in [0.1, 0.15) is 10.7 Å². The highest BCUT2D eigenvalue weighted by Gasteiger charge is 2.17. The van der Waals surface area contributed by atoms with E-state index >= 15 is 0 Å². The van der Waals surface area contributed by atoms with Gasteiger partial charge in [-0.15, -0.1) is 11.3 Å². The third kappa shape index (κ3) is 4.11. The normalized spacial score (nSPS) is 10.5. The molecule has 128 valence electrons. The molecule has 0 spiro atoms. The van der Waals surface area contributed by atoms with E-state index in [1.54, 1.807) is 28.5 Å². The number of nitrogens with zero attached hydrogens (tertiary/aromatic N) is 2.